The first-order valence-corrected chi connectivity index (χ1v) is 18.2. The number of rotatable bonds is 10. The van der Waals surface area contributed by atoms with E-state index < -0.39 is 27.5 Å². The van der Waals surface area contributed by atoms with Gasteiger partial charge in [0.05, 0.1) is 43.2 Å². The molecule has 2 N–H and O–H groups in total. The summed E-state index contributed by atoms with van der Waals surface area (Å²) in [5.41, 5.74) is -1.79. The highest BCUT2D eigenvalue weighted by atomic mass is 32.2. The molecule has 264 valence electrons. The number of anilines is 1. The number of sulfonamides is 1. The van der Waals surface area contributed by atoms with Crippen LogP contribution in [0.2, 0.25) is 0 Å². The average molecular weight is 704 g/mol. The van der Waals surface area contributed by atoms with E-state index >= 15 is 4.79 Å². The number of hydrogen-bond donors (Lipinski definition) is 2. The van der Waals surface area contributed by atoms with Crippen LogP contribution in [0.15, 0.2) is 59.6 Å². The normalized spacial score (nSPS) is 19.8. The standard InChI is InChI=1S/C35H41N7O7S/c1-4-48-30-22-26(47-3)9-11-31(30)50(45,46)42-29-10-8-24(23-36)21-28(29)35(33(42)43,27-7-6-14-38-32(27)49-5-2)39-34(44)41-17-12-25(13-18-41)40-19-15-37-16-20-40/h6-11,14,21-22,25,37H,4-5,12-13,15-20H2,1-3H3,(H,39,44). The molecule has 4 heterocycles. The van der Waals surface area contributed by atoms with Crippen LogP contribution in [0.3, 0.4) is 0 Å². The van der Waals surface area contributed by atoms with Crippen molar-refractivity contribution in [3.8, 4) is 23.4 Å². The number of urea groups is 1. The Balaban J connectivity index is 1.48. The Bertz CT molecular complexity index is 1900. The van der Waals surface area contributed by atoms with Crippen molar-refractivity contribution in [3.05, 3.63) is 71.4 Å². The smallest absolute Gasteiger partial charge is 0.318 e. The number of likely N-dealkylation sites (tertiary alicyclic amines) is 1. The number of fused-ring (bicyclic) bond motifs is 1. The van der Waals surface area contributed by atoms with Crippen LogP contribution in [-0.4, -0.2) is 101 Å². The Morgan fingerprint density at radius 3 is 2.46 bits per heavy atom. The number of benzene rings is 2. The molecule has 15 heteroatoms. The third-order valence-corrected chi connectivity index (χ3v) is 11.1. The molecule has 3 aromatic rings. The predicted octanol–water partition coefficient (Wildman–Crippen LogP) is 2.82. The fourth-order valence-corrected chi connectivity index (χ4v) is 8.57. The van der Waals surface area contributed by atoms with Gasteiger partial charge in [-0.2, -0.15) is 9.57 Å². The Hall–Kier alpha value is -4.91. The van der Waals surface area contributed by atoms with E-state index in [0.717, 1.165) is 39.0 Å². The number of carbonyl (C=O) groups excluding carboxylic acids is 2. The molecular formula is C35H41N7O7S. The van der Waals surface area contributed by atoms with Gasteiger partial charge in [0.25, 0.3) is 15.9 Å². The molecule has 2 aromatic carbocycles. The maximum absolute atomic E-state index is 15.2. The Morgan fingerprint density at radius 1 is 1.04 bits per heavy atom. The van der Waals surface area contributed by atoms with Gasteiger partial charge in [-0.1, -0.05) is 0 Å². The van der Waals surface area contributed by atoms with Gasteiger partial charge in [0.2, 0.25) is 5.88 Å². The van der Waals surface area contributed by atoms with Crippen molar-refractivity contribution >= 4 is 27.6 Å². The zero-order valence-corrected chi connectivity index (χ0v) is 29.2. The number of nitrogens with zero attached hydrogens (tertiary/aromatic N) is 5. The number of carbonyl (C=O) groups is 2. The molecule has 1 aromatic heterocycles. The number of methoxy groups -OCH3 is 1. The molecule has 0 aliphatic carbocycles. The number of piperidine rings is 1. The van der Waals surface area contributed by atoms with Crippen molar-refractivity contribution in [2.24, 2.45) is 0 Å². The van der Waals surface area contributed by atoms with Crippen LogP contribution in [0.5, 0.6) is 17.4 Å². The van der Waals surface area contributed by atoms with E-state index in [2.05, 4.69) is 26.6 Å². The summed E-state index contributed by atoms with van der Waals surface area (Å²) in [6, 6.07) is 13.5. The van der Waals surface area contributed by atoms with E-state index in [4.69, 9.17) is 14.2 Å². The molecule has 0 bridgehead atoms. The van der Waals surface area contributed by atoms with Gasteiger partial charge in [0, 0.05) is 63.1 Å². The second kappa shape index (κ2) is 14.5. The molecule has 3 aliphatic heterocycles. The summed E-state index contributed by atoms with van der Waals surface area (Å²) in [5, 5.41) is 16.3. The van der Waals surface area contributed by atoms with Gasteiger partial charge in [-0.3, -0.25) is 9.69 Å². The van der Waals surface area contributed by atoms with E-state index in [-0.39, 0.29) is 52.1 Å². The minimum absolute atomic E-state index is 0.0138. The number of pyridine rings is 1. The lowest BCUT2D eigenvalue weighted by Crippen LogP contribution is -2.59. The second-order valence-corrected chi connectivity index (χ2v) is 13.9. The van der Waals surface area contributed by atoms with Crippen LogP contribution in [0.4, 0.5) is 10.5 Å². The first kappa shape index (κ1) is 34.9. The minimum atomic E-state index is -4.70. The first-order chi connectivity index (χ1) is 24.2. The molecule has 2 fully saturated rings. The van der Waals surface area contributed by atoms with Gasteiger partial charge in [-0.25, -0.2) is 18.2 Å². The van der Waals surface area contributed by atoms with Gasteiger partial charge in [0.15, 0.2) is 5.54 Å². The van der Waals surface area contributed by atoms with Gasteiger partial charge < -0.3 is 29.7 Å². The molecule has 1 unspecified atom stereocenters. The van der Waals surface area contributed by atoms with Gasteiger partial charge in [0.1, 0.15) is 16.4 Å². The number of amides is 3. The van der Waals surface area contributed by atoms with E-state index in [1.54, 1.807) is 30.9 Å². The summed E-state index contributed by atoms with van der Waals surface area (Å²) in [7, 11) is -3.25. The Morgan fingerprint density at radius 2 is 1.78 bits per heavy atom. The number of piperazine rings is 1. The molecule has 50 heavy (non-hydrogen) atoms. The van der Waals surface area contributed by atoms with E-state index in [9.17, 15) is 18.5 Å². The van der Waals surface area contributed by atoms with Crippen molar-refractivity contribution in [1.29, 1.82) is 5.26 Å². The third kappa shape index (κ3) is 6.19. The fraction of sp³-hybridized carbons (Fsp3) is 0.429. The van der Waals surface area contributed by atoms with E-state index in [1.807, 2.05) is 0 Å². The summed E-state index contributed by atoms with van der Waals surface area (Å²) < 4.78 is 47.0. The van der Waals surface area contributed by atoms with Crippen LogP contribution >= 0.6 is 0 Å². The van der Waals surface area contributed by atoms with Crippen molar-refractivity contribution in [1.82, 2.24) is 25.4 Å². The lowest BCUT2D eigenvalue weighted by molar-refractivity contribution is -0.121. The molecular weight excluding hydrogens is 662 g/mol. The van der Waals surface area contributed by atoms with Gasteiger partial charge >= 0.3 is 6.03 Å². The number of nitrogens with one attached hydrogen (secondary N) is 2. The van der Waals surface area contributed by atoms with Crippen LogP contribution in [0.1, 0.15) is 43.4 Å². The minimum Gasteiger partial charge on any atom is -0.497 e. The van der Waals surface area contributed by atoms with E-state index in [1.165, 1.54) is 49.7 Å². The lowest BCUT2D eigenvalue weighted by atomic mass is 9.83. The first-order valence-electron chi connectivity index (χ1n) is 16.7. The van der Waals surface area contributed by atoms with Crippen molar-refractivity contribution in [2.75, 3.05) is 63.9 Å². The number of ether oxygens (including phenoxy) is 3. The van der Waals surface area contributed by atoms with Crippen molar-refractivity contribution < 1.29 is 32.2 Å². The molecule has 14 nitrogen and oxygen atoms in total. The van der Waals surface area contributed by atoms with Crippen LogP contribution < -0.4 is 29.1 Å². The number of hydrogen-bond acceptors (Lipinski definition) is 11. The summed E-state index contributed by atoms with van der Waals surface area (Å²) in [5.74, 6) is -0.606. The largest absolute Gasteiger partial charge is 0.497 e. The maximum Gasteiger partial charge on any atom is 0.318 e. The van der Waals surface area contributed by atoms with Crippen molar-refractivity contribution in [3.63, 3.8) is 0 Å². The number of aromatic nitrogens is 1. The lowest BCUT2D eigenvalue weighted by Gasteiger charge is -2.41. The average Bonchev–Trinajstić information content (AvgIpc) is 3.39. The molecule has 0 radical (unpaired) electrons. The van der Waals surface area contributed by atoms with Crippen LogP contribution in [0, 0.1) is 11.3 Å². The summed E-state index contributed by atoms with van der Waals surface area (Å²) in [4.78, 5) is 37.7. The van der Waals surface area contributed by atoms with Crippen LogP contribution in [-0.2, 0) is 20.4 Å². The van der Waals surface area contributed by atoms with Crippen molar-refractivity contribution in [2.45, 2.75) is 43.2 Å². The highest BCUT2D eigenvalue weighted by Crippen LogP contribution is 2.50. The van der Waals surface area contributed by atoms with Crippen LogP contribution in [0.25, 0.3) is 0 Å². The summed E-state index contributed by atoms with van der Waals surface area (Å²) >= 11 is 0. The summed E-state index contributed by atoms with van der Waals surface area (Å²) in [6.45, 7) is 8.38. The van der Waals surface area contributed by atoms with Gasteiger partial charge in [-0.15, -0.1) is 0 Å². The predicted molar refractivity (Wildman–Crippen MR) is 184 cm³/mol. The molecule has 3 aliphatic rings. The summed E-state index contributed by atoms with van der Waals surface area (Å²) in [6.07, 6.45) is 2.98. The quantitative estimate of drug-likeness (QED) is 0.319. The maximum atomic E-state index is 15.2. The second-order valence-electron chi connectivity index (χ2n) is 12.1. The zero-order chi connectivity index (χ0) is 35.5. The highest BCUT2D eigenvalue weighted by Gasteiger charge is 2.59. The monoisotopic (exact) mass is 703 g/mol. The zero-order valence-electron chi connectivity index (χ0n) is 28.3. The molecule has 6 rings (SSSR count). The Kier molecular flexibility index (Phi) is 10.1. The molecule has 0 spiro atoms. The topological polar surface area (TPSA) is 166 Å². The third-order valence-electron chi connectivity index (χ3n) is 9.39. The Labute approximate surface area is 292 Å². The molecule has 2 saturated heterocycles. The molecule has 0 saturated carbocycles. The fourth-order valence-electron chi connectivity index (χ4n) is 6.99. The number of nitriles is 1. The highest BCUT2D eigenvalue weighted by molar-refractivity contribution is 7.93. The molecule has 3 amide bonds. The SMILES string of the molecule is CCOc1cc(OC)ccc1S(=O)(=O)N1C(=O)C(NC(=O)N2CCC(N3CCNCC3)CC2)(c2cccnc2OCC)c2cc(C#N)ccc21. The molecule has 1 atom stereocenters. The van der Waals surface area contributed by atoms with E-state index in [0.29, 0.717) is 29.2 Å². The van der Waals surface area contributed by atoms with Gasteiger partial charge in [-0.05, 0) is 69.2 Å².